The average Bonchev–Trinajstić information content (AvgIpc) is 2.90. The highest BCUT2D eigenvalue weighted by Crippen LogP contribution is 2.24. The molecule has 0 unspecified atom stereocenters. The monoisotopic (exact) mass is 330 g/mol. The molecule has 1 aliphatic rings. The standard InChI is InChI=1S/C18H26N4O2/c1-13(2)7-10-19-17(23)21-11-8-14(9-12-21)22-16-6-4-3-5-15(16)20-18(22)24/h3-6,13-14H,7-12H2,1-2H3,(H,19,23)(H,20,24). The average molecular weight is 330 g/mol. The van der Waals surface area contributed by atoms with Gasteiger partial charge in [0.05, 0.1) is 11.0 Å². The molecular weight excluding hydrogens is 304 g/mol. The minimum Gasteiger partial charge on any atom is -0.338 e. The Morgan fingerprint density at radius 2 is 2.00 bits per heavy atom. The molecule has 0 saturated carbocycles. The number of hydrogen-bond donors (Lipinski definition) is 2. The van der Waals surface area contributed by atoms with E-state index in [1.807, 2.05) is 33.7 Å². The largest absolute Gasteiger partial charge is 0.338 e. The quantitative estimate of drug-likeness (QED) is 0.905. The summed E-state index contributed by atoms with van der Waals surface area (Å²) in [6, 6.07) is 7.92. The van der Waals surface area contributed by atoms with Gasteiger partial charge in [0.25, 0.3) is 0 Å². The molecular formula is C18H26N4O2. The molecule has 0 atom stereocenters. The summed E-state index contributed by atoms with van der Waals surface area (Å²) in [5.74, 6) is 0.588. The first-order chi connectivity index (χ1) is 11.6. The second-order valence-corrected chi connectivity index (χ2v) is 6.95. The number of benzene rings is 1. The van der Waals surface area contributed by atoms with Crippen LogP contribution in [0.25, 0.3) is 11.0 Å². The molecule has 0 spiro atoms. The van der Waals surface area contributed by atoms with Crippen LogP contribution in [0.2, 0.25) is 0 Å². The van der Waals surface area contributed by atoms with Crippen LogP contribution in [0.4, 0.5) is 4.79 Å². The molecule has 0 aliphatic carbocycles. The molecule has 6 nitrogen and oxygen atoms in total. The van der Waals surface area contributed by atoms with Crippen molar-refractivity contribution in [2.24, 2.45) is 5.92 Å². The van der Waals surface area contributed by atoms with E-state index < -0.39 is 0 Å². The summed E-state index contributed by atoms with van der Waals surface area (Å²) in [4.78, 5) is 29.2. The van der Waals surface area contributed by atoms with Crippen LogP contribution in [0.15, 0.2) is 29.1 Å². The van der Waals surface area contributed by atoms with E-state index in [1.165, 1.54) is 0 Å². The van der Waals surface area contributed by atoms with Crippen LogP contribution in [-0.4, -0.2) is 40.1 Å². The number of piperidine rings is 1. The van der Waals surface area contributed by atoms with Gasteiger partial charge in [-0.1, -0.05) is 26.0 Å². The number of nitrogens with zero attached hydrogens (tertiary/aromatic N) is 2. The number of rotatable bonds is 4. The van der Waals surface area contributed by atoms with Crippen molar-refractivity contribution in [3.8, 4) is 0 Å². The van der Waals surface area contributed by atoms with E-state index in [2.05, 4.69) is 24.1 Å². The number of H-pyrrole nitrogens is 1. The van der Waals surface area contributed by atoms with Gasteiger partial charge in [-0.25, -0.2) is 9.59 Å². The Hall–Kier alpha value is -2.24. The van der Waals surface area contributed by atoms with Crippen LogP contribution in [0, 0.1) is 5.92 Å². The van der Waals surface area contributed by atoms with E-state index in [9.17, 15) is 9.59 Å². The summed E-state index contributed by atoms with van der Waals surface area (Å²) in [7, 11) is 0. The highest BCUT2D eigenvalue weighted by atomic mass is 16.2. The first kappa shape index (κ1) is 16.6. The number of aromatic amines is 1. The van der Waals surface area contributed by atoms with E-state index in [1.54, 1.807) is 0 Å². The Kier molecular flexibility index (Phi) is 4.92. The summed E-state index contributed by atoms with van der Waals surface area (Å²) in [6.07, 6.45) is 2.60. The van der Waals surface area contributed by atoms with E-state index in [0.29, 0.717) is 19.0 Å². The van der Waals surface area contributed by atoms with Gasteiger partial charge in [0.1, 0.15) is 0 Å². The Bertz CT molecular complexity index is 754. The number of aromatic nitrogens is 2. The third-order valence-corrected chi connectivity index (χ3v) is 4.74. The van der Waals surface area contributed by atoms with Crippen molar-refractivity contribution in [3.63, 3.8) is 0 Å². The molecule has 1 fully saturated rings. The maximum Gasteiger partial charge on any atom is 0.326 e. The van der Waals surface area contributed by atoms with Crippen LogP contribution >= 0.6 is 0 Å². The minimum absolute atomic E-state index is 0.0142. The van der Waals surface area contributed by atoms with Crippen LogP contribution in [0.3, 0.4) is 0 Å². The molecule has 2 heterocycles. The van der Waals surface area contributed by atoms with E-state index in [4.69, 9.17) is 0 Å². The molecule has 0 bridgehead atoms. The van der Waals surface area contributed by atoms with Crippen LogP contribution in [0.1, 0.15) is 39.2 Å². The number of likely N-dealkylation sites (tertiary alicyclic amines) is 1. The summed E-state index contributed by atoms with van der Waals surface area (Å²) in [5.41, 5.74) is 1.76. The van der Waals surface area contributed by atoms with Gasteiger partial charge in [-0.3, -0.25) is 4.57 Å². The van der Waals surface area contributed by atoms with Crippen molar-refractivity contribution >= 4 is 17.1 Å². The van der Waals surface area contributed by atoms with Gasteiger partial charge in [-0.05, 0) is 37.3 Å². The summed E-state index contributed by atoms with van der Waals surface area (Å²) in [6.45, 7) is 6.39. The zero-order valence-corrected chi connectivity index (χ0v) is 14.4. The van der Waals surface area contributed by atoms with Crippen molar-refractivity contribution in [2.75, 3.05) is 19.6 Å². The number of carbonyl (C=O) groups excluding carboxylic acids is 1. The predicted octanol–water partition coefficient (Wildman–Crippen LogP) is 2.72. The maximum atomic E-state index is 12.3. The molecule has 2 aromatic rings. The molecule has 24 heavy (non-hydrogen) atoms. The minimum atomic E-state index is -0.0592. The zero-order chi connectivity index (χ0) is 17.1. The topological polar surface area (TPSA) is 70.1 Å². The van der Waals surface area contributed by atoms with Gasteiger partial charge in [-0.15, -0.1) is 0 Å². The second-order valence-electron chi connectivity index (χ2n) is 6.95. The van der Waals surface area contributed by atoms with E-state index in [-0.39, 0.29) is 17.8 Å². The van der Waals surface area contributed by atoms with Gasteiger partial charge in [0.15, 0.2) is 0 Å². The number of nitrogens with one attached hydrogen (secondary N) is 2. The summed E-state index contributed by atoms with van der Waals surface area (Å²) in [5, 5.41) is 2.99. The lowest BCUT2D eigenvalue weighted by Gasteiger charge is -2.32. The number of urea groups is 1. The molecule has 6 heteroatoms. The van der Waals surface area contributed by atoms with Gasteiger partial charge >= 0.3 is 11.7 Å². The van der Waals surface area contributed by atoms with Crippen molar-refractivity contribution in [2.45, 2.75) is 39.2 Å². The van der Waals surface area contributed by atoms with Crippen LogP contribution in [-0.2, 0) is 0 Å². The number of amides is 2. The fraction of sp³-hybridized carbons (Fsp3) is 0.556. The third kappa shape index (κ3) is 3.47. The molecule has 130 valence electrons. The Balaban J connectivity index is 1.61. The van der Waals surface area contributed by atoms with Crippen LogP contribution in [0.5, 0.6) is 0 Å². The smallest absolute Gasteiger partial charge is 0.326 e. The highest BCUT2D eigenvalue weighted by molar-refractivity contribution is 5.75. The van der Waals surface area contributed by atoms with Crippen molar-refractivity contribution in [1.82, 2.24) is 19.8 Å². The molecule has 1 aromatic heterocycles. The highest BCUT2D eigenvalue weighted by Gasteiger charge is 2.25. The lowest BCUT2D eigenvalue weighted by molar-refractivity contribution is 0.171. The fourth-order valence-corrected chi connectivity index (χ4v) is 3.34. The lowest BCUT2D eigenvalue weighted by atomic mass is 10.0. The first-order valence-corrected chi connectivity index (χ1v) is 8.78. The Labute approximate surface area is 141 Å². The number of para-hydroxylation sites is 2. The Morgan fingerprint density at radius 1 is 1.29 bits per heavy atom. The number of imidazole rings is 1. The normalized spacial score (nSPS) is 16.0. The van der Waals surface area contributed by atoms with Gasteiger partial charge < -0.3 is 15.2 Å². The van der Waals surface area contributed by atoms with Crippen molar-refractivity contribution in [1.29, 1.82) is 0 Å². The van der Waals surface area contributed by atoms with E-state index >= 15 is 0 Å². The molecule has 1 aliphatic heterocycles. The number of hydrogen-bond acceptors (Lipinski definition) is 2. The second kappa shape index (κ2) is 7.11. The van der Waals surface area contributed by atoms with Crippen molar-refractivity contribution < 1.29 is 4.79 Å². The molecule has 2 amide bonds. The maximum absolute atomic E-state index is 12.3. The molecule has 1 saturated heterocycles. The van der Waals surface area contributed by atoms with Crippen LogP contribution < -0.4 is 11.0 Å². The van der Waals surface area contributed by atoms with Gasteiger partial charge in [-0.2, -0.15) is 0 Å². The third-order valence-electron chi connectivity index (χ3n) is 4.74. The Morgan fingerprint density at radius 3 is 2.71 bits per heavy atom. The van der Waals surface area contributed by atoms with Gasteiger partial charge in [0.2, 0.25) is 0 Å². The molecule has 3 rings (SSSR count). The lowest BCUT2D eigenvalue weighted by Crippen LogP contribution is -2.45. The summed E-state index contributed by atoms with van der Waals surface area (Å²) < 4.78 is 1.85. The van der Waals surface area contributed by atoms with E-state index in [0.717, 1.165) is 36.8 Å². The van der Waals surface area contributed by atoms with Gasteiger partial charge in [0, 0.05) is 25.7 Å². The molecule has 0 radical (unpaired) electrons. The SMILES string of the molecule is CC(C)CCNC(=O)N1CCC(n2c(=O)[nH]c3ccccc32)CC1. The molecule has 1 aromatic carbocycles. The first-order valence-electron chi connectivity index (χ1n) is 8.78. The molecule has 2 N–H and O–H groups in total. The van der Waals surface area contributed by atoms with Crippen molar-refractivity contribution in [3.05, 3.63) is 34.7 Å². The number of fused-ring (bicyclic) bond motifs is 1. The predicted molar refractivity (Wildman–Crippen MR) is 95.3 cm³/mol. The number of carbonyl (C=O) groups is 1. The fourth-order valence-electron chi connectivity index (χ4n) is 3.34. The summed E-state index contributed by atoms with van der Waals surface area (Å²) >= 11 is 0. The zero-order valence-electron chi connectivity index (χ0n) is 14.4.